The van der Waals surface area contributed by atoms with Crippen molar-refractivity contribution in [3.05, 3.63) is 58.6 Å². The van der Waals surface area contributed by atoms with E-state index in [0.29, 0.717) is 5.56 Å². The van der Waals surface area contributed by atoms with Crippen LogP contribution in [0.25, 0.3) is 10.2 Å². The number of aromatic nitrogens is 1. The molecule has 1 N–H and O–H groups in total. The summed E-state index contributed by atoms with van der Waals surface area (Å²) in [6.07, 6.45) is 0. The molecule has 0 saturated heterocycles. The first-order valence-corrected chi connectivity index (χ1v) is 7.44. The third-order valence-corrected chi connectivity index (χ3v) is 4.52. The van der Waals surface area contributed by atoms with Crippen LogP contribution in [0.15, 0.2) is 36.4 Å². The Hall–Kier alpha value is -2.01. The van der Waals surface area contributed by atoms with E-state index in [1.807, 2.05) is 31.2 Å². The van der Waals surface area contributed by atoms with E-state index in [-0.39, 0.29) is 11.7 Å². The Balaban J connectivity index is 1.89. The predicted octanol–water partition coefficient (Wildman–Crippen LogP) is 5.06. The minimum absolute atomic E-state index is 0.157. The molecule has 0 spiro atoms. The molecule has 0 radical (unpaired) electrons. The van der Waals surface area contributed by atoms with Crippen LogP contribution in [0, 0.1) is 18.6 Å². The minimum atomic E-state index is -0.457. The first-order chi connectivity index (χ1) is 10.0. The van der Waals surface area contributed by atoms with Crippen molar-refractivity contribution in [3.8, 4) is 0 Å². The van der Waals surface area contributed by atoms with Crippen LogP contribution in [0.2, 0.25) is 0 Å². The summed E-state index contributed by atoms with van der Waals surface area (Å²) >= 11 is 1.55. The lowest BCUT2D eigenvalue weighted by Crippen LogP contribution is -2.08. The molecule has 3 rings (SSSR count). The number of fused-ring (bicyclic) bond motifs is 1. The zero-order valence-corrected chi connectivity index (χ0v) is 12.5. The fourth-order valence-corrected chi connectivity index (χ4v) is 3.10. The van der Waals surface area contributed by atoms with Crippen molar-refractivity contribution in [2.75, 3.05) is 5.32 Å². The van der Waals surface area contributed by atoms with Gasteiger partial charge in [0, 0.05) is 6.07 Å². The van der Waals surface area contributed by atoms with Crippen molar-refractivity contribution in [2.24, 2.45) is 0 Å². The molecule has 0 bridgehead atoms. The first-order valence-electron chi connectivity index (χ1n) is 6.62. The molecule has 5 heteroatoms. The SMILES string of the molecule is Cc1cc(F)c(NC(C)c2nc3ccccc3s2)cc1F. The number of halogens is 2. The van der Waals surface area contributed by atoms with E-state index >= 15 is 0 Å². The molecule has 2 nitrogen and oxygen atoms in total. The van der Waals surface area contributed by atoms with Crippen LogP contribution in [-0.4, -0.2) is 4.98 Å². The molecule has 0 aliphatic heterocycles. The van der Waals surface area contributed by atoms with Gasteiger partial charge in [-0.05, 0) is 37.6 Å². The minimum Gasteiger partial charge on any atom is -0.374 e. The predicted molar refractivity (Wildman–Crippen MR) is 82.8 cm³/mol. The monoisotopic (exact) mass is 304 g/mol. The van der Waals surface area contributed by atoms with Crippen LogP contribution in [-0.2, 0) is 0 Å². The van der Waals surface area contributed by atoms with Crippen LogP contribution in [0.3, 0.4) is 0 Å². The fraction of sp³-hybridized carbons (Fsp3) is 0.188. The van der Waals surface area contributed by atoms with Gasteiger partial charge in [0.25, 0.3) is 0 Å². The molecule has 3 aromatic rings. The summed E-state index contributed by atoms with van der Waals surface area (Å²) in [6, 6.07) is 10.0. The fourth-order valence-electron chi connectivity index (χ4n) is 2.13. The van der Waals surface area contributed by atoms with Gasteiger partial charge in [0.1, 0.15) is 16.6 Å². The van der Waals surface area contributed by atoms with Crippen molar-refractivity contribution in [1.82, 2.24) is 4.98 Å². The molecule has 1 unspecified atom stereocenters. The van der Waals surface area contributed by atoms with Gasteiger partial charge in [-0.1, -0.05) is 12.1 Å². The lowest BCUT2D eigenvalue weighted by Gasteiger charge is -2.14. The quantitative estimate of drug-likeness (QED) is 0.732. The summed E-state index contributed by atoms with van der Waals surface area (Å²) in [6.45, 7) is 3.42. The number of aryl methyl sites for hydroxylation is 1. The summed E-state index contributed by atoms with van der Waals surface area (Å²) in [7, 11) is 0. The second-order valence-corrected chi connectivity index (χ2v) is 6.03. The zero-order chi connectivity index (χ0) is 15.0. The van der Waals surface area contributed by atoms with Gasteiger partial charge < -0.3 is 5.32 Å². The van der Waals surface area contributed by atoms with Crippen LogP contribution in [0.5, 0.6) is 0 Å². The zero-order valence-electron chi connectivity index (χ0n) is 11.7. The van der Waals surface area contributed by atoms with Gasteiger partial charge in [-0.15, -0.1) is 11.3 Å². The van der Waals surface area contributed by atoms with E-state index in [1.165, 1.54) is 12.1 Å². The van der Waals surface area contributed by atoms with Crippen molar-refractivity contribution in [2.45, 2.75) is 19.9 Å². The number of benzene rings is 2. The molecule has 0 saturated carbocycles. The summed E-state index contributed by atoms with van der Waals surface area (Å²) in [5.74, 6) is -0.878. The number of nitrogens with one attached hydrogen (secondary N) is 1. The van der Waals surface area contributed by atoms with Gasteiger partial charge in [-0.3, -0.25) is 0 Å². The number of para-hydroxylation sites is 1. The highest BCUT2D eigenvalue weighted by atomic mass is 32.1. The molecule has 0 aliphatic carbocycles. The van der Waals surface area contributed by atoms with E-state index in [1.54, 1.807) is 18.3 Å². The second-order valence-electron chi connectivity index (χ2n) is 4.97. The summed E-state index contributed by atoms with van der Waals surface area (Å²) in [4.78, 5) is 4.52. The molecular formula is C16H14F2N2S. The lowest BCUT2D eigenvalue weighted by molar-refractivity contribution is 0.593. The van der Waals surface area contributed by atoms with E-state index in [9.17, 15) is 8.78 Å². The molecule has 0 fully saturated rings. The average molecular weight is 304 g/mol. The highest BCUT2D eigenvalue weighted by molar-refractivity contribution is 7.18. The van der Waals surface area contributed by atoms with E-state index < -0.39 is 11.6 Å². The van der Waals surface area contributed by atoms with Crippen molar-refractivity contribution in [3.63, 3.8) is 0 Å². The molecule has 21 heavy (non-hydrogen) atoms. The van der Waals surface area contributed by atoms with Crippen molar-refractivity contribution in [1.29, 1.82) is 0 Å². The number of hydrogen-bond donors (Lipinski definition) is 1. The topological polar surface area (TPSA) is 24.9 Å². The maximum absolute atomic E-state index is 13.9. The third-order valence-electron chi connectivity index (χ3n) is 3.30. The molecule has 0 amide bonds. The third kappa shape index (κ3) is 2.74. The Morgan fingerprint density at radius 1 is 1.14 bits per heavy atom. The molecule has 2 aromatic carbocycles. The summed E-state index contributed by atoms with van der Waals surface area (Å²) in [5, 5.41) is 3.83. The highest BCUT2D eigenvalue weighted by Crippen LogP contribution is 2.29. The summed E-state index contributed by atoms with van der Waals surface area (Å²) in [5.41, 5.74) is 1.37. The maximum Gasteiger partial charge on any atom is 0.146 e. The van der Waals surface area contributed by atoms with Gasteiger partial charge in [-0.25, -0.2) is 13.8 Å². The van der Waals surface area contributed by atoms with E-state index in [4.69, 9.17) is 0 Å². The number of anilines is 1. The highest BCUT2D eigenvalue weighted by Gasteiger charge is 2.14. The number of hydrogen-bond acceptors (Lipinski definition) is 3. The molecule has 0 aliphatic rings. The van der Waals surface area contributed by atoms with Crippen LogP contribution >= 0.6 is 11.3 Å². The molecule has 1 heterocycles. The van der Waals surface area contributed by atoms with Gasteiger partial charge in [0.15, 0.2) is 0 Å². The normalized spacial score (nSPS) is 12.6. The maximum atomic E-state index is 13.9. The van der Waals surface area contributed by atoms with Crippen LogP contribution in [0.4, 0.5) is 14.5 Å². The van der Waals surface area contributed by atoms with E-state index in [0.717, 1.165) is 15.2 Å². The Kier molecular flexibility index (Phi) is 3.59. The van der Waals surface area contributed by atoms with Gasteiger partial charge >= 0.3 is 0 Å². The van der Waals surface area contributed by atoms with Gasteiger partial charge in [-0.2, -0.15) is 0 Å². The molecular weight excluding hydrogens is 290 g/mol. The smallest absolute Gasteiger partial charge is 0.146 e. The van der Waals surface area contributed by atoms with Crippen molar-refractivity contribution >= 4 is 27.2 Å². The Bertz CT molecular complexity index is 765. The number of rotatable bonds is 3. The number of nitrogens with zero attached hydrogens (tertiary/aromatic N) is 1. The summed E-state index contributed by atoms with van der Waals surface area (Å²) < 4.78 is 28.5. The standard InChI is InChI=1S/C16H14F2N2S/c1-9-7-12(18)14(8-11(9)17)19-10(2)16-20-13-5-3-4-6-15(13)21-16/h3-8,10,19H,1-2H3. The molecule has 108 valence electrons. The van der Waals surface area contributed by atoms with Gasteiger partial charge in [0.2, 0.25) is 0 Å². The lowest BCUT2D eigenvalue weighted by atomic mass is 10.2. The largest absolute Gasteiger partial charge is 0.374 e. The average Bonchev–Trinajstić information content (AvgIpc) is 2.88. The molecule has 1 aromatic heterocycles. The Morgan fingerprint density at radius 2 is 1.90 bits per heavy atom. The Labute approximate surface area is 125 Å². The number of thiazole rings is 1. The van der Waals surface area contributed by atoms with E-state index in [2.05, 4.69) is 10.3 Å². The van der Waals surface area contributed by atoms with Gasteiger partial charge in [0.05, 0.1) is 21.9 Å². The first kappa shape index (κ1) is 13.9. The molecule has 1 atom stereocenters. The van der Waals surface area contributed by atoms with Crippen molar-refractivity contribution < 1.29 is 8.78 Å². The Morgan fingerprint density at radius 3 is 2.67 bits per heavy atom. The van der Waals surface area contributed by atoms with Crippen LogP contribution < -0.4 is 5.32 Å². The van der Waals surface area contributed by atoms with Crippen LogP contribution in [0.1, 0.15) is 23.5 Å². The second kappa shape index (κ2) is 5.41.